The van der Waals surface area contributed by atoms with E-state index >= 15 is 0 Å². The van der Waals surface area contributed by atoms with Crippen molar-refractivity contribution in [2.75, 3.05) is 5.75 Å². The van der Waals surface area contributed by atoms with Gasteiger partial charge in [-0.1, -0.05) is 23.6 Å². The second-order valence-corrected chi connectivity index (χ2v) is 4.18. The van der Waals surface area contributed by atoms with Crippen LogP contribution in [0.4, 0.5) is 0 Å². The summed E-state index contributed by atoms with van der Waals surface area (Å²) in [6, 6.07) is 6.71. The van der Waals surface area contributed by atoms with Crippen molar-refractivity contribution in [1.82, 2.24) is 0 Å². The minimum atomic E-state index is -0.452. The Hall–Kier alpha value is -1.73. The highest BCUT2D eigenvalue weighted by molar-refractivity contribution is 8.13. The molecule has 0 aliphatic carbocycles. The molecule has 1 amide bonds. The molecular weight excluding hydrogens is 222 g/mol. The maximum Gasteiger partial charge on any atom is 0.248 e. The van der Waals surface area contributed by atoms with E-state index in [0.29, 0.717) is 11.3 Å². The lowest BCUT2D eigenvalue weighted by Gasteiger charge is -1.94. The Bertz CT molecular complexity index is 454. The SMILES string of the molecule is CC(=O)SCC#Cc1ccc(C(N)=O)cc1. The van der Waals surface area contributed by atoms with Crippen molar-refractivity contribution in [3.8, 4) is 11.8 Å². The summed E-state index contributed by atoms with van der Waals surface area (Å²) >= 11 is 1.17. The van der Waals surface area contributed by atoms with E-state index < -0.39 is 5.91 Å². The topological polar surface area (TPSA) is 60.2 Å². The van der Waals surface area contributed by atoms with E-state index in [0.717, 1.165) is 5.56 Å². The third-order valence-electron chi connectivity index (χ3n) is 1.75. The van der Waals surface area contributed by atoms with E-state index in [-0.39, 0.29) is 5.12 Å². The minimum absolute atomic E-state index is 0.0541. The summed E-state index contributed by atoms with van der Waals surface area (Å²) in [6.07, 6.45) is 0. The molecule has 3 nitrogen and oxygen atoms in total. The lowest BCUT2D eigenvalue weighted by atomic mass is 10.1. The van der Waals surface area contributed by atoms with Gasteiger partial charge in [0.25, 0.3) is 0 Å². The first-order valence-corrected chi connectivity index (χ1v) is 5.60. The van der Waals surface area contributed by atoms with Gasteiger partial charge >= 0.3 is 0 Å². The smallest absolute Gasteiger partial charge is 0.248 e. The molecule has 0 saturated carbocycles. The molecule has 0 aliphatic heterocycles. The number of amides is 1. The summed E-state index contributed by atoms with van der Waals surface area (Å²) in [4.78, 5) is 21.4. The van der Waals surface area contributed by atoms with Crippen LogP contribution in [-0.2, 0) is 4.79 Å². The predicted molar refractivity (Wildman–Crippen MR) is 65.0 cm³/mol. The Balaban J connectivity index is 2.61. The van der Waals surface area contributed by atoms with Gasteiger partial charge in [0.05, 0.1) is 5.75 Å². The molecule has 0 spiro atoms. The molecule has 0 aromatic heterocycles. The zero-order valence-electron chi connectivity index (χ0n) is 8.82. The average molecular weight is 233 g/mol. The monoisotopic (exact) mass is 233 g/mol. The van der Waals surface area contributed by atoms with E-state index in [9.17, 15) is 9.59 Å². The van der Waals surface area contributed by atoms with E-state index in [1.54, 1.807) is 24.3 Å². The lowest BCUT2D eigenvalue weighted by Crippen LogP contribution is -2.10. The quantitative estimate of drug-likeness (QED) is 0.786. The van der Waals surface area contributed by atoms with Gasteiger partial charge in [-0.25, -0.2) is 0 Å². The van der Waals surface area contributed by atoms with Gasteiger partial charge < -0.3 is 5.73 Å². The highest BCUT2D eigenvalue weighted by Gasteiger charge is 1.97. The Kier molecular flexibility index (Phi) is 4.62. The fraction of sp³-hybridized carbons (Fsp3) is 0.167. The van der Waals surface area contributed by atoms with Gasteiger partial charge in [-0.15, -0.1) is 0 Å². The number of carbonyl (C=O) groups excluding carboxylic acids is 2. The maximum atomic E-state index is 10.8. The molecule has 0 heterocycles. The average Bonchev–Trinajstić information content (AvgIpc) is 2.25. The number of hydrogen-bond donors (Lipinski definition) is 1. The fourth-order valence-corrected chi connectivity index (χ4v) is 1.34. The summed E-state index contributed by atoms with van der Waals surface area (Å²) in [5.74, 6) is 5.78. The van der Waals surface area contributed by atoms with Crippen molar-refractivity contribution in [3.63, 3.8) is 0 Å². The Labute approximate surface area is 98.4 Å². The van der Waals surface area contributed by atoms with Gasteiger partial charge in [0.2, 0.25) is 5.91 Å². The molecule has 0 radical (unpaired) electrons. The van der Waals surface area contributed by atoms with Crippen molar-refractivity contribution in [2.24, 2.45) is 5.73 Å². The van der Waals surface area contributed by atoms with Crippen LogP contribution in [0.2, 0.25) is 0 Å². The Morgan fingerprint density at radius 3 is 2.44 bits per heavy atom. The molecule has 0 bridgehead atoms. The van der Waals surface area contributed by atoms with Gasteiger partial charge in [0.15, 0.2) is 5.12 Å². The first-order chi connectivity index (χ1) is 7.59. The predicted octanol–water partition coefficient (Wildman–Crippen LogP) is 1.42. The fourth-order valence-electron chi connectivity index (χ4n) is 0.994. The zero-order chi connectivity index (χ0) is 12.0. The molecule has 2 N–H and O–H groups in total. The van der Waals surface area contributed by atoms with Crippen LogP contribution in [0.15, 0.2) is 24.3 Å². The van der Waals surface area contributed by atoms with Gasteiger partial charge in [-0.3, -0.25) is 9.59 Å². The number of thioether (sulfide) groups is 1. The van der Waals surface area contributed by atoms with E-state index in [4.69, 9.17) is 5.73 Å². The van der Waals surface area contributed by atoms with Crippen LogP contribution in [0.25, 0.3) is 0 Å². The molecule has 1 aromatic rings. The highest BCUT2D eigenvalue weighted by atomic mass is 32.2. The molecule has 0 atom stereocenters. The van der Waals surface area contributed by atoms with Crippen LogP contribution >= 0.6 is 11.8 Å². The van der Waals surface area contributed by atoms with Crippen LogP contribution in [-0.4, -0.2) is 16.8 Å². The first-order valence-electron chi connectivity index (χ1n) is 4.61. The van der Waals surface area contributed by atoms with Crippen molar-refractivity contribution < 1.29 is 9.59 Å². The zero-order valence-corrected chi connectivity index (χ0v) is 9.64. The van der Waals surface area contributed by atoms with Crippen LogP contribution in [0.3, 0.4) is 0 Å². The van der Waals surface area contributed by atoms with Gasteiger partial charge in [0, 0.05) is 18.1 Å². The Morgan fingerprint density at radius 1 is 1.31 bits per heavy atom. The van der Waals surface area contributed by atoms with E-state index in [1.165, 1.54) is 18.7 Å². The van der Waals surface area contributed by atoms with Crippen molar-refractivity contribution in [2.45, 2.75) is 6.92 Å². The number of benzene rings is 1. The summed E-state index contributed by atoms with van der Waals surface area (Å²) in [5, 5.41) is 0.0541. The molecular formula is C12H11NO2S. The maximum absolute atomic E-state index is 10.8. The van der Waals surface area contributed by atoms with Gasteiger partial charge in [-0.05, 0) is 24.3 Å². The third-order valence-corrected chi connectivity index (χ3v) is 2.44. The standard InChI is InChI=1S/C12H11NO2S/c1-9(14)16-8-2-3-10-4-6-11(7-5-10)12(13)15/h4-7H,8H2,1H3,(H2,13,15). The summed E-state index contributed by atoms with van der Waals surface area (Å²) < 4.78 is 0. The number of nitrogens with two attached hydrogens (primary N) is 1. The van der Waals surface area contributed by atoms with Gasteiger partial charge in [0.1, 0.15) is 0 Å². The molecule has 1 aromatic carbocycles. The number of carbonyl (C=O) groups is 2. The Morgan fingerprint density at radius 2 is 1.94 bits per heavy atom. The number of hydrogen-bond acceptors (Lipinski definition) is 3. The molecule has 4 heteroatoms. The summed E-state index contributed by atoms with van der Waals surface area (Å²) in [7, 11) is 0. The van der Waals surface area contributed by atoms with Crippen LogP contribution in [0, 0.1) is 11.8 Å². The molecule has 0 saturated heterocycles. The minimum Gasteiger partial charge on any atom is -0.366 e. The van der Waals surface area contributed by atoms with E-state index in [1.807, 2.05) is 0 Å². The first kappa shape index (κ1) is 12.3. The molecule has 0 unspecified atom stereocenters. The molecule has 82 valence electrons. The largest absolute Gasteiger partial charge is 0.366 e. The summed E-state index contributed by atoms with van der Waals surface area (Å²) in [6.45, 7) is 1.51. The molecule has 0 aliphatic rings. The van der Waals surface area contributed by atoms with Crippen LogP contribution in [0.1, 0.15) is 22.8 Å². The van der Waals surface area contributed by atoms with Crippen LogP contribution < -0.4 is 5.73 Å². The van der Waals surface area contributed by atoms with E-state index in [2.05, 4.69) is 11.8 Å². The van der Waals surface area contributed by atoms with Gasteiger partial charge in [-0.2, -0.15) is 0 Å². The van der Waals surface area contributed by atoms with Crippen LogP contribution in [0.5, 0.6) is 0 Å². The molecule has 16 heavy (non-hydrogen) atoms. The summed E-state index contributed by atoms with van der Waals surface area (Å²) in [5.41, 5.74) is 6.36. The normalized spacial score (nSPS) is 9.06. The lowest BCUT2D eigenvalue weighted by molar-refractivity contribution is -0.109. The second-order valence-electron chi connectivity index (χ2n) is 3.02. The van der Waals surface area contributed by atoms with Crippen molar-refractivity contribution >= 4 is 22.8 Å². The third kappa shape index (κ3) is 4.20. The molecule has 0 fully saturated rings. The highest BCUT2D eigenvalue weighted by Crippen LogP contribution is 2.03. The van der Waals surface area contributed by atoms with Crippen molar-refractivity contribution in [3.05, 3.63) is 35.4 Å². The number of primary amides is 1. The number of rotatable bonds is 2. The second kappa shape index (κ2) is 5.99. The van der Waals surface area contributed by atoms with Crippen molar-refractivity contribution in [1.29, 1.82) is 0 Å². The molecule has 1 rings (SSSR count).